The van der Waals surface area contributed by atoms with Crippen LogP contribution in [0.3, 0.4) is 0 Å². The van der Waals surface area contributed by atoms with Gasteiger partial charge in [0.2, 0.25) is 0 Å². The van der Waals surface area contributed by atoms with E-state index in [1.165, 1.54) is 19.3 Å². The number of carbonyl (C=O) groups is 2. The van der Waals surface area contributed by atoms with Crippen molar-refractivity contribution in [3.05, 3.63) is 29.8 Å². The minimum Gasteiger partial charge on any atom is -0.342 e. The number of rotatable bonds is 1. The first-order valence-electron chi connectivity index (χ1n) is 9.77. The van der Waals surface area contributed by atoms with E-state index >= 15 is 0 Å². The van der Waals surface area contributed by atoms with Crippen molar-refractivity contribution in [1.82, 2.24) is 5.32 Å². The van der Waals surface area contributed by atoms with Crippen molar-refractivity contribution < 1.29 is 9.59 Å². The first kappa shape index (κ1) is 15.4. The van der Waals surface area contributed by atoms with Crippen LogP contribution in [-0.2, 0) is 16.0 Å². The zero-order chi connectivity index (χ0) is 17.2. The number of hydrogen-bond donors (Lipinski definition) is 1. The molecule has 0 aromatic heterocycles. The molecule has 1 aromatic carbocycles. The Kier molecular flexibility index (Phi) is 3.28. The van der Waals surface area contributed by atoms with Crippen LogP contribution in [0.5, 0.6) is 0 Å². The van der Waals surface area contributed by atoms with Gasteiger partial charge in [0.25, 0.3) is 0 Å². The molecule has 4 fully saturated rings. The first-order chi connectivity index (χ1) is 12.0. The predicted molar refractivity (Wildman–Crippen MR) is 96.1 cm³/mol. The van der Waals surface area contributed by atoms with E-state index in [0.717, 1.165) is 54.7 Å². The molecule has 0 radical (unpaired) electrons. The molecule has 2 amide bonds. The Morgan fingerprint density at radius 2 is 1.64 bits per heavy atom. The molecule has 1 heterocycles. The molecule has 25 heavy (non-hydrogen) atoms. The van der Waals surface area contributed by atoms with Gasteiger partial charge in [-0.15, -0.1) is 0 Å². The van der Waals surface area contributed by atoms with Crippen LogP contribution in [-0.4, -0.2) is 23.4 Å². The lowest BCUT2D eigenvalue weighted by Crippen LogP contribution is -2.62. The van der Waals surface area contributed by atoms with E-state index in [2.05, 4.69) is 11.4 Å². The molecule has 4 bridgehead atoms. The van der Waals surface area contributed by atoms with Gasteiger partial charge in [0, 0.05) is 17.3 Å². The molecule has 1 aliphatic heterocycles. The highest BCUT2D eigenvalue weighted by molar-refractivity contribution is 6.41. The van der Waals surface area contributed by atoms with Crippen LogP contribution in [0.15, 0.2) is 24.3 Å². The highest BCUT2D eigenvalue weighted by Gasteiger charge is 2.52. The standard InChI is InChI=1S/C21H26N2O2/c1-13-6-17-4-2-3-5-18(17)23(13)20(25)19(24)22-21-10-14-7-15(11-21)9-16(8-14)12-21/h2-5,13-16H,6-12H2,1H3,(H,22,24). The second kappa shape index (κ2) is 5.33. The molecule has 132 valence electrons. The maximum Gasteiger partial charge on any atom is 0.316 e. The quantitative estimate of drug-likeness (QED) is 0.800. The van der Waals surface area contributed by atoms with E-state index in [9.17, 15) is 9.59 Å². The third kappa shape index (κ3) is 2.41. The maximum atomic E-state index is 13.0. The SMILES string of the molecule is CC1Cc2ccccc2N1C(=O)C(=O)NC12CC3CC(CC(C3)C1)C2. The zero-order valence-corrected chi connectivity index (χ0v) is 14.8. The Labute approximate surface area is 149 Å². The monoisotopic (exact) mass is 338 g/mol. The van der Waals surface area contributed by atoms with Crippen molar-refractivity contribution in [3.63, 3.8) is 0 Å². The van der Waals surface area contributed by atoms with Crippen molar-refractivity contribution >= 4 is 17.5 Å². The van der Waals surface area contributed by atoms with Crippen LogP contribution < -0.4 is 10.2 Å². The fourth-order valence-corrected chi connectivity index (χ4v) is 6.54. The van der Waals surface area contributed by atoms with Crippen LogP contribution in [0.25, 0.3) is 0 Å². The lowest BCUT2D eigenvalue weighted by molar-refractivity contribution is -0.141. The summed E-state index contributed by atoms with van der Waals surface area (Å²) in [5.41, 5.74) is 1.95. The van der Waals surface area contributed by atoms with Gasteiger partial charge in [-0.25, -0.2) is 0 Å². The number of benzene rings is 1. The van der Waals surface area contributed by atoms with Crippen LogP contribution in [0.2, 0.25) is 0 Å². The Morgan fingerprint density at radius 1 is 1.04 bits per heavy atom. The molecule has 1 atom stereocenters. The fraction of sp³-hybridized carbons (Fsp3) is 0.619. The van der Waals surface area contributed by atoms with E-state index in [1.807, 2.05) is 25.1 Å². The lowest BCUT2D eigenvalue weighted by Gasteiger charge is -2.56. The van der Waals surface area contributed by atoms with Crippen LogP contribution >= 0.6 is 0 Å². The average molecular weight is 338 g/mol. The molecular formula is C21H26N2O2. The zero-order valence-electron chi connectivity index (χ0n) is 14.8. The van der Waals surface area contributed by atoms with Gasteiger partial charge in [-0.3, -0.25) is 9.59 Å². The summed E-state index contributed by atoms with van der Waals surface area (Å²) in [5.74, 6) is 1.49. The van der Waals surface area contributed by atoms with Crippen molar-refractivity contribution in [2.75, 3.05) is 4.90 Å². The third-order valence-electron chi connectivity index (χ3n) is 7.04. The highest BCUT2D eigenvalue weighted by atomic mass is 16.2. The molecule has 6 rings (SSSR count). The van der Waals surface area contributed by atoms with E-state index in [4.69, 9.17) is 0 Å². The minimum atomic E-state index is -0.398. The topological polar surface area (TPSA) is 49.4 Å². The first-order valence-corrected chi connectivity index (χ1v) is 9.77. The second-order valence-corrected chi connectivity index (χ2v) is 9.01. The Balaban J connectivity index is 1.36. The summed E-state index contributed by atoms with van der Waals surface area (Å²) < 4.78 is 0. The summed E-state index contributed by atoms with van der Waals surface area (Å²) >= 11 is 0. The van der Waals surface area contributed by atoms with Gasteiger partial charge >= 0.3 is 11.8 Å². The van der Waals surface area contributed by atoms with Gasteiger partial charge in [-0.05, 0) is 81.3 Å². The Morgan fingerprint density at radius 3 is 2.28 bits per heavy atom. The van der Waals surface area contributed by atoms with Gasteiger partial charge in [-0.1, -0.05) is 18.2 Å². The van der Waals surface area contributed by atoms with Crippen molar-refractivity contribution in [3.8, 4) is 0 Å². The molecule has 0 spiro atoms. The number of nitrogens with one attached hydrogen (secondary N) is 1. The molecule has 1 N–H and O–H groups in total. The molecule has 4 aliphatic carbocycles. The molecule has 5 aliphatic rings. The average Bonchev–Trinajstić information content (AvgIpc) is 2.88. The lowest BCUT2D eigenvalue weighted by atomic mass is 9.53. The summed E-state index contributed by atoms with van der Waals surface area (Å²) in [5, 5.41) is 3.22. The number of fused-ring (bicyclic) bond motifs is 1. The third-order valence-corrected chi connectivity index (χ3v) is 7.04. The smallest absolute Gasteiger partial charge is 0.316 e. The van der Waals surface area contributed by atoms with Gasteiger partial charge in [0.15, 0.2) is 0 Å². The van der Waals surface area contributed by atoms with Crippen molar-refractivity contribution in [2.24, 2.45) is 17.8 Å². The predicted octanol–water partition coefficient (Wildman–Crippen LogP) is 3.05. The summed E-state index contributed by atoms with van der Waals surface area (Å²) in [4.78, 5) is 27.5. The largest absolute Gasteiger partial charge is 0.342 e. The number of hydrogen-bond acceptors (Lipinski definition) is 2. The number of anilines is 1. The van der Waals surface area contributed by atoms with E-state index in [0.29, 0.717) is 0 Å². The summed E-state index contributed by atoms with van der Waals surface area (Å²) in [6.07, 6.45) is 8.05. The molecule has 4 saturated carbocycles. The number of nitrogens with zero attached hydrogens (tertiary/aromatic N) is 1. The molecule has 1 aromatic rings. The molecular weight excluding hydrogens is 312 g/mol. The van der Waals surface area contributed by atoms with E-state index in [-0.39, 0.29) is 17.5 Å². The summed E-state index contributed by atoms with van der Waals surface area (Å²) in [7, 11) is 0. The summed E-state index contributed by atoms with van der Waals surface area (Å²) in [6.45, 7) is 2.02. The van der Waals surface area contributed by atoms with Gasteiger partial charge < -0.3 is 10.2 Å². The Bertz CT molecular complexity index is 706. The minimum absolute atomic E-state index is 0.0482. The fourth-order valence-electron chi connectivity index (χ4n) is 6.54. The van der Waals surface area contributed by atoms with Crippen molar-refractivity contribution in [2.45, 2.75) is 63.5 Å². The molecule has 1 unspecified atom stereocenters. The summed E-state index contributed by atoms with van der Waals surface area (Å²) in [6, 6.07) is 7.99. The second-order valence-electron chi connectivity index (χ2n) is 9.01. The maximum absolute atomic E-state index is 13.0. The van der Waals surface area contributed by atoms with Crippen molar-refractivity contribution in [1.29, 1.82) is 0 Å². The number of amides is 2. The van der Waals surface area contributed by atoms with Gasteiger partial charge in [-0.2, -0.15) is 0 Å². The van der Waals surface area contributed by atoms with Crippen LogP contribution in [0, 0.1) is 17.8 Å². The van der Waals surface area contributed by atoms with E-state index in [1.54, 1.807) is 4.90 Å². The van der Waals surface area contributed by atoms with Gasteiger partial charge in [0.1, 0.15) is 0 Å². The normalized spacial score (nSPS) is 37.9. The molecule has 0 saturated heterocycles. The molecule has 4 heteroatoms. The number of carbonyl (C=O) groups excluding carboxylic acids is 2. The Hall–Kier alpha value is -1.84. The highest BCUT2D eigenvalue weighted by Crippen LogP contribution is 2.55. The number of para-hydroxylation sites is 1. The van der Waals surface area contributed by atoms with Crippen LogP contribution in [0.4, 0.5) is 5.69 Å². The van der Waals surface area contributed by atoms with Crippen LogP contribution in [0.1, 0.15) is 51.0 Å². The van der Waals surface area contributed by atoms with E-state index < -0.39 is 5.91 Å². The molecule has 4 nitrogen and oxygen atoms in total. The van der Waals surface area contributed by atoms with Gasteiger partial charge in [0.05, 0.1) is 0 Å².